The van der Waals surface area contributed by atoms with Crippen LogP contribution in [0.2, 0.25) is 0 Å². The Kier molecular flexibility index (Phi) is 3.99. The maximum atomic E-state index is 12.0. The minimum absolute atomic E-state index is 0.476. The zero-order chi connectivity index (χ0) is 10.5. The Balaban J connectivity index is 2.14. The van der Waals surface area contributed by atoms with Crippen molar-refractivity contribution < 1.29 is 4.79 Å². The molecule has 0 aromatic carbocycles. The first-order valence-electron chi connectivity index (χ1n) is 6.62. The van der Waals surface area contributed by atoms with Gasteiger partial charge in [-0.3, -0.25) is 4.79 Å². The number of carbonyl (C=O) groups excluding carboxylic acids is 1. The molecule has 2 rings (SSSR count). The van der Waals surface area contributed by atoms with Gasteiger partial charge in [0.2, 0.25) is 0 Å². The normalized spacial score (nSPS) is 24.9. The highest BCUT2D eigenvalue weighted by atomic mass is 16.1. The molecule has 1 nitrogen and oxygen atoms in total. The van der Waals surface area contributed by atoms with Gasteiger partial charge in [-0.1, -0.05) is 24.8 Å². The Morgan fingerprint density at radius 3 is 1.87 bits per heavy atom. The molecule has 2 saturated carbocycles. The summed E-state index contributed by atoms with van der Waals surface area (Å²) in [6, 6.07) is 0. The number of allylic oxidation sites excluding steroid dienone is 2. The topological polar surface area (TPSA) is 17.1 Å². The molecule has 0 bridgehead atoms. The minimum atomic E-state index is 0.476. The molecule has 2 fully saturated rings. The van der Waals surface area contributed by atoms with Crippen molar-refractivity contribution in [3.8, 4) is 0 Å². The molecule has 0 unspecified atom stereocenters. The summed E-state index contributed by atoms with van der Waals surface area (Å²) in [5.74, 6) is 0.476. The molecule has 0 heterocycles. The fraction of sp³-hybridized carbons (Fsp3) is 0.786. The van der Waals surface area contributed by atoms with Crippen LogP contribution in [0.1, 0.15) is 70.6 Å². The van der Waals surface area contributed by atoms with Crippen LogP contribution in [0.15, 0.2) is 11.1 Å². The number of rotatable bonds is 0. The maximum Gasteiger partial charge on any atom is 0.158 e. The van der Waals surface area contributed by atoms with Crippen molar-refractivity contribution in [3.63, 3.8) is 0 Å². The Labute approximate surface area is 92.9 Å². The molecule has 0 aliphatic heterocycles. The second-order valence-electron chi connectivity index (χ2n) is 4.98. The molecule has 0 saturated heterocycles. The van der Waals surface area contributed by atoms with Gasteiger partial charge >= 0.3 is 0 Å². The van der Waals surface area contributed by atoms with Crippen LogP contribution < -0.4 is 0 Å². The SMILES string of the molecule is O=C1CCCCCC1=C1CCCCCC1. The quantitative estimate of drug-likeness (QED) is 0.429. The van der Waals surface area contributed by atoms with Gasteiger partial charge in [0.05, 0.1) is 0 Å². The third kappa shape index (κ3) is 2.93. The van der Waals surface area contributed by atoms with Crippen molar-refractivity contribution in [2.45, 2.75) is 70.6 Å². The molecule has 15 heavy (non-hydrogen) atoms. The van der Waals surface area contributed by atoms with E-state index in [9.17, 15) is 4.79 Å². The van der Waals surface area contributed by atoms with Gasteiger partial charge in [0.15, 0.2) is 5.78 Å². The lowest BCUT2D eigenvalue weighted by molar-refractivity contribution is -0.115. The predicted octanol–water partition coefficient (Wildman–Crippen LogP) is 4.17. The van der Waals surface area contributed by atoms with E-state index in [1.165, 1.54) is 62.5 Å². The lowest BCUT2D eigenvalue weighted by atomic mass is 9.95. The lowest BCUT2D eigenvalue weighted by Gasteiger charge is -2.10. The molecule has 0 aromatic rings. The highest BCUT2D eigenvalue weighted by Crippen LogP contribution is 2.30. The second kappa shape index (κ2) is 5.48. The predicted molar refractivity (Wildman–Crippen MR) is 62.8 cm³/mol. The average Bonchev–Trinajstić information content (AvgIpc) is 2.59. The van der Waals surface area contributed by atoms with Crippen LogP contribution in [0.4, 0.5) is 0 Å². The summed E-state index contributed by atoms with van der Waals surface area (Å²) in [5, 5.41) is 0. The van der Waals surface area contributed by atoms with Crippen molar-refractivity contribution in [2.24, 2.45) is 0 Å². The van der Waals surface area contributed by atoms with E-state index in [-0.39, 0.29) is 0 Å². The van der Waals surface area contributed by atoms with Crippen LogP contribution in [0.25, 0.3) is 0 Å². The first-order valence-corrected chi connectivity index (χ1v) is 6.62. The van der Waals surface area contributed by atoms with Gasteiger partial charge in [-0.2, -0.15) is 0 Å². The molecule has 0 N–H and O–H groups in total. The van der Waals surface area contributed by atoms with E-state index >= 15 is 0 Å². The molecule has 0 atom stereocenters. The third-order valence-electron chi connectivity index (χ3n) is 3.80. The van der Waals surface area contributed by atoms with E-state index in [1.807, 2.05) is 0 Å². The first kappa shape index (κ1) is 10.9. The van der Waals surface area contributed by atoms with E-state index in [2.05, 4.69) is 0 Å². The molecule has 1 heteroatoms. The zero-order valence-corrected chi connectivity index (χ0v) is 9.69. The summed E-state index contributed by atoms with van der Waals surface area (Å²) >= 11 is 0. The molecule has 2 aliphatic rings. The number of ketones is 1. The molecular formula is C14H22O. The molecule has 84 valence electrons. The van der Waals surface area contributed by atoms with Gasteiger partial charge < -0.3 is 0 Å². The van der Waals surface area contributed by atoms with Gasteiger partial charge in [0, 0.05) is 6.42 Å². The van der Waals surface area contributed by atoms with Crippen molar-refractivity contribution >= 4 is 5.78 Å². The van der Waals surface area contributed by atoms with E-state index < -0.39 is 0 Å². The fourth-order valence-corrected chi connectivity index (χ4v) is 2.89. The summed E-state index contributed by atoms with van der Waals surface area (Å²) in [6.07, 6.45) is 13.3. The fourth-order valence-electron chi connectivity index (χ4n) is 2.89. The number of hydrogen-bond donors (Lipinski definition) is 0. The largest absolute Gasteiger partial charge is 0.295 e. The van der Waals surface area contributed by atoms with Crippen molar-refractivity contribution in [1.82, 2.24) is 0 Å². The second-order valence-corrected chi connectivity index (χ2v) is 4.98. The number of carbonyl (C=O) groups is 1. The summed E-state index contributed by atoms with van der Waals surface area (Å²) in [5.41, 5.74) is 2.77. The van der Waals surface area contributed by atoms with Crippen molar-refractivity contribution in [1.29, 1.82) is 0 Å². The van der Waals surface area contributed by atoms with Gasteiger partial charge in [-0.25, -0.2) is 0 Å². The van der Waals surface area contributed by atoms with Crippen molar-refractivity contribution in [2.75, 3.05) is 0 Å². The number of hydrogen-bond acceptors (Lipinski definition) is 1. The molecule has 0 spiro atoms. The van der Waals surface area contributed by atoms with Crippen LogP contribution in [-0.4, -0.2) is 5.78 Å². The van der Waals surface area contributed by atoms with Crippen LogP contribution in [0.3, 0.4) is 0 Å². The van der Waals surface area contributed by atoms with Crippen LogP contribution >= 0.6 is 0 Å². The maximum absolute atomic E-state index is 12.0. The lowest BCUT2D eigenvalue weighted by Crippen LogP contribution is -2.03. The Bertz CT molecular complexity index is 253. The van der Waals surface area contributed by atoms with E-state index in [0.29, 0.717) is 5.78 Å². The van der Waals surface area contributed by atoms with E-state index in [4.69, 9.17) is 0 Å². The third-order valence-corrected chi connectivity index (χ3v) is 3.80. The monoisotopic (exact) mass is 206 g/mol. The first-order chi connectivity index (χ1) is 7.38. The van der Waals surface area contributed by atoms with Crippen LogP contribution in [-0.2, 0) is 4.79 Å². The minimum Gasteiger partial charge on any atom is -0.295 e. The summed E-state index contributed by atoms with van der Waals surface area (Å²) in [6.45, 7) is 0. The Morgan fingerprint density at radius 2 is 1.13 bits per heavy atom. The standard InChI is InChI=1S/C14H22O/c15-14-11-7-3-6-10-13(14)12-8-4-1-2-5-9-12/h1-11H2. The smallest absolute Gasteiger partial charge is 0.158 e. The zero-order valence-electron chi connectivity index (χ0n) is 9.69. The van der Waals surface area contributed by atoms with Gasteiger partial charge in [-0.05, 0) is 50.5 Å². The molecular weight excluding hydrogens is 184 g/mol. The summed E-state index contributed by atoms with van der Waals surface area (Å²) in [4.78, 5) is 12.0. The van der Waals surface area contributed by atoms with Gasteiger partial charge in [0.1, 0.15) is 0 Å². The van der Waals surface area contributed by atoms with E-state index in [1.54, 1.807) is 0 Å². The Hall–Kier alpha value is -0.590. The van der Waals surface area contributed by atoms with Gasteiger partial charge in [-0.15, -0.1) is 0 Å². The van der Waals surface area contributed by atoms with Crippen molar-refractivity contribution in [3.05, 3.63) is 11.1 Å². The molecule has 2 aliphatic carbocycles. The highest BCUT2D eigenvalue weighted by Gasteiger charge is 2.18. The number of Topliss-reactive ketones (excluding diaryl/α,β-unsaturated/α-hetero) is 1. The molecule has 0 radical (unpaired) electrons. The highest BCUT2D eigenvalue weighted by molar-refractivity contribution is 5.96. The summed E-state index contributed by atoms with van der Waals surface area (Å²) < 4.78 is 0. The molecule has 0 aromatic heterocycles. The Morgan fingerprint density at radius 1 is 0.600 bits per heavy atom. The average molecular weight is 206 g/mol. The van der Waals surface area contributed by atoms with Crippen LogP contribution in [0.5, 0.6) is 0 Å². The summed E-state index contributed by atoms with van der Waals surface area (Å²) in [7, 11) is 0. The van der Waals surface area contributed by atoms with Gasteiger partial charge in [0.25, 0.3) is 0 Å². The molecule has 0 amide bonds. The van der Waals surface area contributed by atoms with Crippen LogP contribution in [0, 0.1) is 0 Å². The van der Waals surface area contributed by atoms with E-state index in [0.717, 1.165) is 19.3 Å².